The Morgan fingerprint density at radius 3 is 2.89 bits per heavy atom. The van der Waals surface area contributed by atoms with Gasteiger partial charge in [-0.05, 0) is 25.1 Å². The van der Waals surface area contributed by atoms with Crippen molar-refractivity contribution in [1.29, 1.82) is 0 Å². The Bertz CT molecular complexity index is 691. The zero-order chi connectivity index (χ0) is 13.8. The predicted octanol–water partition coefficient (Wildman–Crippen LogP) is 1.10. The van der Waals surface area contributed by atoms with E-state index in [0.717, 1.165) is 0 Å². The first-order chi connectivity index (χ1) is 9.06. The van der Waals surface area contributed by atoms with Gasteiger partial charge in [-0.3, -0.25) is 14.3 Å². The van der Waals surface area contributed by atoms with Gasteiger partial charge in [-0.2, -0.15) is 0 Å². The zero-order valence-corrected chi connectivity index (χ0v) is 10.4. The molecule has 1 heterocycles. The Morgan fingerprint density at radius 1 is 1.37 bits per heavy atom. The van der Waals surface area contributed by atoms with Crippen molar-refractivity contribution < 1.29 is 4.39 Å². The van der Waals surface area contributed by atoms with Crippen LogP contribution in [-0.4, -0.2) is 16.1 Å². The third-order valence-electron chi connectivity index (χ3n) is 2.70. The Morgan fingerprint density at radius 2 is 2.16 bits per heavy atom. The Labute approximate surface area is 108 Å². The molecule has 0 unspecified atom stereocenters. The van der Waals surface area contributed by atoms with E-state index in [2.05, 4.69) is 10.3 Å². The number of aromatic amines is 1. The molecule has 19 heavy (non-hydrogen) atoms. The molecule has 0 saturated heterocycles. The van der Waals surface area contributed by atoms with Crippen LogP contribution in [0.25, 0.3) is 0 Å². The van der Waals surface area contributed by atoms with Crippen molar-refractivity contribution in [3.63, 3.8) is 0 Å². The summed E-state index contributed by atoms with van der Waals surface area (Å²) in [6.45, 7) is 2.47. The van der Waals surface area contributed by atoms with Gasteiger partial charge in [-0.1, -0.05) is 6.07 Å². The molecule has 2 rings (SSSR count). The summed E-state index contributed by atoms with van der Waals surface area (Å²) in [6.07, 6.45) is 1.51. The first kappa shape index (κ1) is 13.1. The number of H-pyrrole nitrogens is 1. The largest absolute Gasteiger partial charge is 0.383 e. The molecule has 0 radical (unpaired) electrons. The van der Waals surface area contributed by atoms with Crippen LogP contribution in [0.4, 0.5) is 10.1 Å². The van der Waals surface area contributed by atoms with E-state index in [0.29, 0.717) is 24.3 Å². The summed E-state index contributed by atoms with van der Waals surface area (Å²) in [6, 6.07) is 6.08. The van der Waals surface area contributed by atoms with Crippen molar-refractivity contribution in [3.8, 4) is 0 Å². The normalized spacial score (nSPS) is 10.4. The lowest BCUT2D eigenvalue weighted by Gasteiger charge is -2.08. The second kappa shape index (κ2) is 5.51. The zero-order valence-electron chi connectivity index (χ0n) is 10.4. The maximum atomic E-state index is 12.9. The summed E-state index contributed by atoms with van der Waals surface area (Å²) < 4.78 is 14.3. The van der Waals surface area contributed by atoms with E-state index in [4.69, 9.17) is 0 Å². The number of hydrogen-bond donors (Lipinski definition) is 2. The minimum Gasteiger partial charge on any atom is -0.383 e. The molecule has 0 aliphatic carbocycles. The SMILES string of the molecule is Cc1cn(CCNc2cccc(F)c2)c(=O)[nH]c1=O. The van der Waals surface area contributed by atoms with Gasteiger partial charge in [0.25, 0.3) is 5.56 Å². The molecule has 1 aromatic carbocycles. The van der Waals surface area contributed by atoms with Gasteiger partial charge in [0, 0.05) is 30.5 Å². The molecule has 1 aromatic heterocycles. The van der Waals surface area contributed by atoms with Gasteiger partial charge >= 0.3 is 5.69 Å². The quantitative estimate of drug-likeness (QED) is 0.868. The fourth-order valence-electron chi connectivity index (χ4n) is 1.70. The van der Waals surface area contributed by atoms with Crippen molar-refractivity contribution in [1.82, 2.24) is 9.55 Å². The Kier molecular flexibility index (Phi) is 3.79. The van der Waals surface area contributed by atoms with Crippen molar-refractivity contribution in [2.75, 3.05) is 11.9 Å². The van der Waals surface area contributed by atoms with Gasteiger partial charge in [-0.25, -0.2) is 9.18 Å². The van der Waals surface area contributed by atoms with Crippen LogP contribution in [0.5, 0.6) is 0 Å². The Balaban J connectivity index is 2.02. The van der Waals surface area contributed by atoms with Gasteiger partial charge in [0.2, 0.25) is 0 Å². The summed E-state index contributed by atoms with van der Waals surface area (Å²) >= 11 is 0. The third-order valence-corrected chi connectivity index (χ3v) is 2.70. The molecule has 0 aliphatic heterocycles. The molecule has 0 aliphatic rings. The number of nitrogens with zero attached hydrogens (tertiary/aromatic N) is 1. The van der Waals surface area contributed by atoms with E-state index >= 15 is 0 Å². The smallest absolute Gasteiger partial charge is 0.328 e. The number of nitrogens with one attached hydrogen (secondary N) is 2. The van der Waals surface area contributed by atoms with Crippen LogP contribution in [-0.2, 0) is 6.54 Å². The lowest BCUT2D eigenvalue weighted by Crippen LogP contribution is -2.32. The van der Waals surface area contributed by atoms with Crippen molar-refractivity contribution >= 4 is 5.69 Å². The topological polar surface area (TPSA) is 66.9 Å². The predicted molar refractivity (Wildman–Crippen MR) is 70.9 cm³/mol. The standard InChI is InChI=1S/C13H14FN3O2/c1-9-8-17(13(19)16-12(9)18)6-5-15-11-4-2-3-10(14)7-11/h2-4,7-8,15H,5-6H2,1H3,(H,16,18,19). The maximum Gasteiger partial charge on any atom is 0.328 e. The van der Waals surface area contributed by atoms with E-state index in [-0.39, 0.29) is 11.4 Å². The van der Waals surface area contributed by atoms with Gasteiger partial charge < -0.3 is 5.32 Å². The first-order valence-corrected chi connectivity index (χ1v) is 5.86. The highest BCUT2D eigenvalue weighted by Crippen LogP contribution is 2.08. The summed E-state index contributed by atoms with van der Waals surface area (Å²) in [4.78, 5) is 24.9. The number of aromatic nitrogens is 2. The molecule has 2 N–H and O–H groups in total. The summed E-state index contributed by atoms with van der Waals surface area (Å²) in [7, 11) is 0. The number of hydrogen-bond acceptors (Lipinski definition) is 3. The van der Waals surface area contributed by atoms with Crippen molar-refractivity contribution in [2.24, 2.45) is 0 Å². The number of halogens is 1. The van der Waals surface area contributed by atoms with E-state index < -0.39 is 5.69 Å². The number of aryl methyl sites for hydroxylation is 1. The second-order valence-corrected chi connectivity index (χ2v) is 4.20. The van der Waals surface area contributed by atoms with E-state index in [1.54, 1.807) is 19.1 Å². The molecule has 0 spiro atoms. The average Bonchev–Trinajstić information content (AvgIpc) is 2.35. The van der Waals surface area contributed by atoms with E-state index in [1.165, 1.54) is 22.9 Å². The molecule has 100 valence electrons. The van der Waals surface area contributed by atoms with Crippen LogP contribution >= 0.6 is 0 Å². The van der Waals surface area contributed by atoms with Gasteiger partial charge in [0.1, 0.15) is 5.82 Å². The molecular formula is C13H14FN3O2. The van der Waals surface area contributed by atoms with E-state index in [9.17, 15) is 14.0 Å². The minimum atomic E-state index is -0.448. The molecule has 0 amide bonds. The lowest BCUT2D eigenvalue weighted by atomic mass is 10.3. The maximum absolute atomic E-state index is 12.9. The van der Waals surface area contributed by atoms with Crippen LogP contribution in [0.3, 0.4) is 0 Å². The van der Waals surface area contributed by atoms with Crippen molar-refractivity contribution in [3.05, 3.63) is 62.7 Å². The first-order valence-electron chi connectivity index (χ1n) is 5.86. The molecule has 0 saturated carbocycles. The minimum absolute atomic E-state index is 0.318. The monoisotopic (exact) mass is 263 g/mol. The summed E-state index contributed by atoms with van der Waals surface area (Å²) in [5.74, 6) is -0.318. The fourth-order valence-corrected chi connectivity index (χ4v) is 1.70. The highest BCUT2D eigenvalue weighted by atomic mass is 19.1. The number of benzene rings is 1. The second-order valence-electron chi connectivity index (χ2n) is 4.20. The molecule has 0 bridgehead atoms. The van der Waals surface area contributed by atoms with Gasteiger partial charge in [-0.15, -0.1) is 0 Å². The van der Waals surface area contributed by atoms with E-state index in [1.807, 2.05) is 0 Å². The highest BCUT2D eigenvalue weighted by molar-refractivity contribution is 5.42. The van der Waals surface area contributed by atoms with Crippen LogP contribution < -0.4 is 16.6 Å². The van der Waals surface area contributed by atoms with Gasteiger partial charge in [0.05, 0.1) is 0 Å². The van der Waals surface area contributed by atoms with Gasteiger partial charge in [0.15, 0.2) is 0 Å². The van der Waals surface area contributed by atoms with Crippen LogP contribution in [0.15, 0.2) is 40.1 Å². The molecule has 5 nitrogen and oxygen atoms in total. The van der Waals surface area contributed by atoms with Crippen LogP contribution in [0.1, 0.15) is 5.56 Å². The molecular weight excluding hydrogens is 249 g/mol. The average molecular weight is 263 g/mol. The van der Waals surface area contributed by atoms with Crippen molar-refractivity contribution in [2.45, 2.75) is 13.5 Å². The van der Waals surface area contributed by atoms with Crippen LogP contribution in [0, 0.1) is 12.7 Å². The Hall–Kier alpha value is -2.37. The fraction of sp³-hybridized carbons (Fsp3) is 0.231. The highest BCUT2D eigenvalue weighted by Gasteiger charge is 2.00. The summed E-state index contributed by atoms with van der Waals surface area (Å²) in [5.41, 5.74) is 0.301. The molecule has 0 atom stereocenters. The van der Waals surface area contributed by atoms with Crippen LogP contribution in [0.2, 0.25) is 0 Å². The number of anilines is 1. The molecule has 0 fully saturated rings. The number of rotatable bonds is 4. The third kappa shape index (κ3) is 3.31. The lowest BCUT2D eigenvalue weighted by molar-refractivity contribution is 0.627. The summed E-state index contributed by atoms with van der Waals surface area (Å²) in [5, 5.41) is 3.00. The molecule has 2 aromatic rings. The molecule has 6 heteroatoms.